The van der Waals surface area contributed by atoms with Crippen LogP contribution in [0.3, 0.4) is 0 Å². The Hall–Kier alpha value is -5.93. The van der Waals surface area contributed by atoms with Crippen molar-refractivity contribution in [3.63, 3.8) is 0 Å². The second-order valence-electron chi connectivity index (χ2n) is 14.6. The molecule has 0 saturated carbocycles. The molecular formula is C51H38IrNO2-. The van der Waals surface area contributed by atoms with Gasteiger partial charge in [0.25, 0.3) is 0 Å². The average Bonchev–Trinajstić information content (AvgIpc) is 3.71. The normalized spacial score (nSPS) is 13.4. The molecule has 7 aromatic carbocycles. The zero-order valence-corrected chi connectivity index (χ0v) is 33.0. The first-order chi connectivity index (χ1) is 26.3. The molecule has 55 heavy (non-hydrogen) atoms. The van der Waals surface area contributed by atoms with Crippen molar-refractivity contribution in [2.75, 3.05) is 0 Å². The maximum Gasteiger partial charge on any atom is 0.155 e. The molecule has 3 nitrogen and oxygen atoms in total. The average molecular weight is 889 g/mol. The third kappa shape index (κ3) is 6.74. The molecule has 0 amide bonds. The van der Waals surface area contributed by atoms with Gasteiger partial charge < -0.3 is 10.1 Å². The van der Waals surface area contributed by atoms with Gasteiger partial charge in [-0.3, -0.25) is 4.79 Å². The molecule has 2 aliphatic rings. The van der Waals surface area contributed by atoms with Gasteiger partial charge in [-0.15, -0.1) is 34.9 Å². The van der Waals surface area contributed by atoms with Crippen molar-refractivity contribution in [1.29, 1.82) is 0 Å². The van der Waals surface area contributed by atoms with Crippen LogP contribution in [0.5, 0.6) is 0 Å². The van der Waals surface area contributed by atoms with Gasteiger partial charge >= 0.3 is 0 Å². The van der Waals surface area contributed by atoms with Gasteiger partial charge in [0, 0.05) is 37.8 Å². The van der Waals surface area contributed by atoms with E-state index in [2.05, 4.69) is 157 Å². The van der Waals surface area contributed by atoms with E-state index in [1.165, 1.54) is 97.1 Å². The fourth-order valence-electron chi connectivity index (χ4n) is 8.55. The van der Waals surface area contributed by atoms with E-state index in [0.29, 0.717) is 0 Å². The number of hydrogen-bond donors (Lipinski definition) is 1. The Bertz CT molecular complexity index is 2650. The number of aromatic nitrogens is 1. The summed E-state index contributed by atoms with van der Waals surface area (Å²) in [6, 6.07) is 59.6. The number of benzene rings is 7. The van der Waals surface area contributed by atoms with Crippen LogP contribution in [0.25, 0.3) is 66.2 Å². The van der Waals surface area contributed by atoms with Crippen LogP contribution in [0.15, 0.2) is 170 Å². The van der Waals surface area contributed by atoms with Gasteiger partial charge in [-0.2, -0.15) is 0 Å². The molecule has 0 saturated heterocycles. The van der Waals surface area contributed by atoms with E-state index in [-0.39, 0.29) is 37.1 Å². The van der Waals surface area contributed by atoms with E-state index >= 15 is 0 Å². The van der Waals surface area contributed by atoms with Crippen molar-refractivity contribution < 1.29 is 30.0 Å². The second-order valence-corrected chi connectivity index (χ2v) is 14.6. The van der Waals surface area contributed by atoms with Crippen LogP contribution in [0.4, 0.5) is 0 Å². The first-order valence-corrected chi connectivity index (χ1v) is 18.5. The number of ketones is 1. The summed E-state index contributed by atoms with van der Waals surface area (Å²) in [5.41, 5.74) is 15.3. The summed E-state index contributed by atoms with van der Waals surface area (Å²) in [5.74, 6) is -0.0625. The molecule has 1 N–H and O–H groups in total. The Morgan fingerprint density at radius 1 is 0.618 bits per heavy atom. The van der Waals surface area contributed by atoms with Gasteiger partial charge in [0.05, 0.1) is 5.76 Å². The van der Waals surface area contributed by atoms with Gasteiger partial charge in [-0.05, 0) is 129 Å². The summed E-state index contributed by atoms with van der Waals surface area (Å²) < 4.78 is 0. The number of carbonyl (C=O) groups is 1. The molecule has 0 aliphatic heterocycles. The maximum atomic E-state index is 10.0. The minimum Gasteiger partial charge on any atom is -0.512 e. The number of fused-ring (bicyclic) bond motifs is 8. The fraction of sp³-hybridized carbons (Fsp3) is 0.0980. The summed E-state index contributed by atoms with van der Waals surface area (Å²) in [6.07, 6.45) is 4.95. The first kappa shape index (κ1) is 36.1. The molecule has 2 aliphatic carbocycles. The standard InChI is InChI=1S/C46H30N.C5H8O2.Ir/c1-3-9-32-23-34(14-12-30(32)7-1)36-18-20-41-42-21-19-37(35-15-13-31-8-2-4-10-33(31)24-35)27-44(42)46(43(41)26-36)28-39-17-16-38(25-40(39)29-46)45-11-5-6-22-47-45;1-4(6)3-5(2)7;/h1-15,17-27H,28-29H2;3,6H,1-2H3;/q-1;;/b;4-3-;. The molecule has 0 bridgehead atoms. The SMILES string of the molecule is CC(=O)/C=C(/C)O.[Ir].[c-]1cc2c(cc1-c1ccccn1)CC1(C2)c2cc(-c3ccc4ccccc4c3)ccc2-c2ccc(-c3ccc4ccccc4c3)cc21. The zero-order valence-electron chi connectivity index (χ0n) is 30.6. The number of pyridine rings is 1. The molecule has 0 atom stereocenters. The molecule has 269 valence electrons. The number of hydrogen-bond acceptors (Lipinski definition) is 3. The number of allylic oxidation sites excluding steroid dienone is 2. The number of rotatable bonds is 4. The Labute approximate surface area is 335 Å². The topological polar surface area (TPSA) is 50.2 Å². The van der Waals surface area contributed by atoms with E-state index in [4.69, 9.17) is 5.11 Å². The van der Waals surface area contributed by atoms with Crippen LogP contribution in [0, 0.1) is 6.07 Å². The maximum absolute atomic E-state index is 10.0. The van der Waals surface area contributed by atoms with E-state index in [1.807, 2.05) is 12.3 Å². The Morgan fingerprint density at radius 3 is 1.64 bits per heavy atom. The van der Waals surface area contributed by atoms with Crippen molar-refractivity contribution in [3.8, 4) is 44.6 Å². The van der Waals surface area contributed by atoms with Crippen molar-refractivity contribution in [2.45, 2.75) is 32.1 Å². The van der Waals surface area contributed by atoms with E-state index < -0.39 is 0 Å². The Morgan fingerprint density at radius 2 is 1.13 bits per heavy atom. The molecule has 1 aromatic heterocycles. The number of aliphatic hydroxyl groups is 1. The fourth-order valence-corrected chi connectivity index (χ4v) is 8.55. The van der Waals surface area contributed by atoms with Crippen LogP contribution in [-0.4, -0.2) is 15.9 Å². The number of nitrogens with zero attached hydrogens (tertiary/aromatic N) is 1. The van der Waals surface area contributed by atoms with Gasteiger partial charge in [0.1, 0.15) is 0 Å². The molecular weight excluding hydrogens is 851 g/mol. The predicted octanol–water partition coefficient (Wildman–Crippen LogP) is 12.3. The van der Waals surface area contributed by atoms with E-state index in [0.717, 1.165) is 24.1 Å². The zero-order chi connectivity index (χ0) is 36.8. The summed E-state index contributed by atoms with van der Waals surface area (Å²) in [7, 11) is 0. The van der Waals surface area contributed by atoms with Gasteiger partial charge in [-0.25, -0.2) is 0 Å². The van der Waals surface area contributed by atoms with Crippen LogP contribution in [0.2, 0.25) is 0 Å². The molecule has 0 fully saturated rings. The summed E-state index contributed by atoms with van der Waals surface area (Å²) in [4.78, 5) is 14.7. The quantitative estimate of drug-likeness (QED) is 0.109. The second kappa shape index (κ2) is 14.7. The molecule has 4 heteroatoms. The first-order valence-electron chi connectivity index (χ1n) is 18.5. The monoisotopic (exact) mass is 889 g/mol. The minimum atomic E-state index is -0.150. The summed E-state index contributed by atoms with van der Waals surface area (Å²) in [6.45, 7) is 2.85. The Kier molecular flexibility index (Phi) is 9.65. The van der Waals surface area contributed by atoms with Crippen molar-refractivity contribution in [3.05, 3.63) is 198 Å². The van der Waals surface area contributed by atoms with E-state index in [9.17, 15) is 4.79 Å². The van der Waals surface area contributed by atoms with Gasteiger partial charge in [0.2, 0.25) is 0 Å². The molecule has 0 unspecified atom stereocenters. The number of carbonyl (C=O) groups excluding carboxylic acids is 1. The van der Waals surface area contributed by atoms with Crippen LogP contribution in [-0.2, 0) is 43.2 Å². The third-order valence-corrected chi connectivity index (χ3v) is 11.0. The summed E-state index contributed by atoms with van der Waals surface area (Å²) >= 11 is 0. The molecule has 10 rings (SSSR count). The van der Waals surface area contributed by atoms with Gasteiger partial charge in [0.15, 0.2) is 5.78 Å². The minimum absolute atomic E-state index is 0. The largest absolute Gasteiger partial charge is 0.512 e. The molecule has 8 aromatic rings. The smallest absolute Gasteiger partial charge is 0.155 e. The van der Waals surface area contributed by atoms with Crippen LogP contribution in [0.1, 0.15) is 36.1 Å². The van der Waals surface area contributed by atoms with Crippen molar-refractivity contribution in [1.82, 2.24) is 4.98 Å². The predicted molar refractivity (Wildman–Crippen MR) is 222 cm³/mol. The van der Waals surface area contributed by atoms with Crippen molar-refractivity contribution >= 4 is 27.3 Å². The number of aliphatic hydroxyl groups excluding tert-OH is 1. The molecule has 1 radical (unpaired) electrons. The molecule has 1 heterocycles. The van der Waals surface area contributed by atoms with Crippen LogP contribution < -0.4 is 0 Å². The van der Waals surface area contributed by atoms with Gasteiger partial charge in [-0.1, -0.05) is 109 Å². The van der Waals surface area contributed by atoms with Crippen molar-refractivity contribution in [2.24, 2.45) is 0 Å². The molecule has 1 spiro atoms. The summed E-state index contributed by atoms with van der Waals surface area (Å²) in [5, 5.41) is 13.5. The van der Waals surface area contributed by atoms with E-state index in [1.54, 1.807) is 0 Å². The van der Waals surface area contributed by atoms with Crippen LogP contribution >= 0.6 is 0 Å². The third-order valence-electron chi connectivity index (χ3n) is 11.0. The Balaban J connectivity index is 0.000000491.